The van der Waals surface area contributed by atoms with E-state index in [0.717, 1.165) is 25.9 Å². The SMILES string of the molecule is CC(C)(C)OC(=O)N1CC(C2(N)CCCC2)C1. The third-order valence-corrected chi connectivity index (χ3v) is 3.88. The van der Waals surface area contributed by atoms with Crippen LogP contribution in [0.4, 0.5) is 4.79 Å². The van der Waals surface area contributed by atoms with Crippen LogP contribution in [0, 0.1) is 5.92 Å². The maximum absolute atomic E-state index is 11.8. The Morgan fingerprint density at radius 3 is 2.29 bits per heavy atom. The molecule has 0 spiro atoms. The van der Waals surface area contributed by atoms with Crippen LogP contribution in [0.15, 0.2) is 0 Å². The van der Waals surface area contributed by atoms with Gasteiger partial charge in [-0.2, -0.15) is 0 Å². The second kappa shape index (κ2) is 4.16. The van der Waals surface area contributed by atoms with Crippen molar-refractivity contribution in [3.05, 3.63) is 0 Å². The van der Waals surface area contributed by atoms with Crippen molar-refractivity contribution in [3.63, 3.8) is 0 Å². The molecule has 2 N–H and O–H groups in total. The normalized spacial score (nSPS) is 24.6. The molecule has 1 saturated carbocycles. The second-order valence-electron chi connectivity index (χ2n) is 6.52. The summed E-state index contributed by atoms with van der Waals surface area (Å²) in [5.74, 6) is 0.470. The molecular weight excluding hydrogens is 216 g/mol. The molecule has 2 fully saturated rings. The Morgan fingerprint density at radius 1 is 1.29 bits per heavy atom. The monoisotopic (exact) mass is 240 g/mol. The van der Waals surface area contributed by atoms with Gasteiger partial charge in [-0.25, -0.2) is 4.79 Å². The van der Waals surface area contributed by atoms with Crippen molar-refractivity contribution in [2.75, 3.05) is 13.1 Å². The Morgan fingerprint density at radius 2 is 1.82 bits per heavy atom. The molecule has 0 aromatic heterocycles. The van der Waals surface area contributed by atoms with Crippen LogP contribution in [-0.4, -0.2) is 35.2 Å². The van der Waals surface area contributed by atoms with E-state index in [9.17, 15) is 4.79 Å². The summed E-state index contributed by atoms with van der Waals surface area (Å²) in [4.78, 5) is 13.5. The Kier molecular flexibility index (Phi) is 3.10. The Hall–Kier alpha value is -0.770. The first-order valence-corrected chi connectivity index (χ1v) is 6.57. The van der Waals surface area contributed by atoms with Gasteiger partial charge in [0.2, 0.25) is 0 Å². The van der Waals surface area contributed by atoms with Crippen molar-refractivity contribution < 1.29 is 9.53 Å². The van der Waals surface area contributed by atoms with Crippen molar-refractivity contribution in [2.45, 2.75) is 57.6 Å². The number of likely N-dealkylation sites (tertiary alicyclic amines) is 1. The van der Waals surface area contributed by atoms with E-state index in [-0.39, 0.29) is 11.6 Å². The van der Waals surface area contributed by atoms with Gasteiger partial charge in [-0.1, -0.05) is 12.8 Å². The minimum Gasteiger partial charge on any atom is -0.444 e. The number of ether oxygens (including phenoxy) is 1. The van der Waals surface area contributed by atoms with Crippen LogP contribution in [0.1, 0.15) is 46.5 Å². The summed E-state index contributed by atoms with van der Waals surface area (Å²) in [6.45, 7) is 7.22. The lowest BCUT2D eigenvalue weighted by molar-refractivity contribution is -0.0144. The molecule has 0 bridgehead atoms. The molecule has 0 unspecified atom stereocenters. The van der Waals surface area contributed by atoms with Crippen LogP contribution < -0.4 is 5.73 Å². The smallest absolute Gasteiger partial charge is 0.410 e. The molecule has 0 atom stereocenters. The van der Waals surface area contributed by atoms with E-state index in [2.05, 4.69) is 0 Å². The molecule has 98 valence electrons. The minimum atomic E-state index is -0.407. The standard InChI is InChI=1S/C13H24N2O2/c1-12(2,3)17-11(16)15-8-10(9-15)13(14)6-4-5-7-13/h10H,4-9,14H2,1-3H3. The van der Waals surface area contributed by atoms with Gasteiger partial charge in [-0.3, -0.25) is 0 Å². The fourth-order valence-corrected chi connectivity index (χ4v) is 2.76. The van der Waals surface area contributed by atoms with Crippen molar-refractivity contribution in [1.82, 2.24) is 4.90 Å². The second-order valence-corrected chi connectivity index (χ2v) is 6.52. The van der Waals surface area contributed by atoms with Crippen LogP contribution in [0.25, 0.3) is 0 Å². The van der Waals surface area contributed by atoms with Gasteiger partial charge in [0.05, 0.1) is 0 Å². The maximum Gasteiger partial charge on any atom is 0.410 e. The molecule has 4 heteroatoms. The predicted octanol–water partition coefficient (Wildman–Crippen LogP) is 2.12. The zero-order valence-electron chi connectivity index (χ0n) is 11.2. The molecule has 17 heavy (non-hydrogen) atoms. The largest absolute Gasteiger partial charge is 0.444 e. The summed E-state index contributed by atoms with van der Waals surface area (Å²) in [6.07, 6.45) is 4.49. The van der Waals surface area contributed by atoms with E-state index < -0.39 is 5.60 Å². The molecule has 0 radical (unpaired) electrons. The van der Waals surface area contributed by atoms with Crippen LogP contribution >= 0.6 is 0 Å². The lowest BCUT2D eigenvalue weighted by Crippen LogP contribution is -2.62. The fraction of sp³-hybridized carbons (Fsp3) is 0.923. The summed E-state index contributed by atoms with van der Waals surface area (Å²) < 4.78 is 5.33. The Bertz CT molecular complexity index is 297. The lowest BCUT2D eigenvalue weighted by Gasteiger charge is -2.47. The molecule has 0 aromatic rings. The van der Waals surface area contributed by atoms with Gasteiger partial charge in [0.25, 0.3) is 0 Å². The maximum atomic E-state index is 11.8. The number of carbonyl (C=O) groups excluding carboxylic acids is 1. The number of rotatable bonds is 1. The molecule has 1 aliphatic heterocycles. The number of nitrogens with zero attached hydrogens (tertiary/aromatic N) is 1. The summed E-state index contributed by atoms with van der Waals surface area (Å²) in [5.41, 5.74) is 5.95. The molecule has 0 aromatic carbocycles. The van der Waals surface area contributed by atoms with E-state index in [1.165, 1.54) is 12.8 Å². The zero-order chi connectivity index (χ0) is 12.7. The van der Waals surface area contributed by atoms with E-state index >= 15 is 0 Å². The molecule has 1 saturated heterocycles. The number of carbonyl (C=O) groups is 1. The fourth-order valence-electron chi connectivity index (χ4n) is 2.76. The van der Waals surface area contributed by atoms with Crippen LogP contribution in [0.2, 0.25) is 0 Å². The quantitative estimate of drug-likeness (QED) is 0.764. The predicted molar refractivity (Wildman–Crippen MR) is 66.7 cm³/mol. The highest BCUT2D eigenvalue weighted by Gasteiger charge is 2.46. The zero-order valence-corrected chi connectivity index (χ0v) is 11.2. The molecule has 1 heterocycles. The van der Waals surface area contributed by atoms with Crippen LogP contribution in [-0.2, 0) is 4.74 Å². The summed E-state index contributed by atoms with van der Waals surface area (Å²) in [6, 6.07) is 0. The summed E-state index contributed by atoms with van der Waals surface area (Å²) in [5, 5.41) is 0. The Balaban J connectivity index is 1.80. The van der Waals surface area contributed by atoms with E-state index in [4.69, 9.17) is 10.5 Å². The van der Waals surface area contributed by atoms with Gasteiger partial charge >= 0.3 is 6.09 Å². The van der Waals surface area contributed by atoms with Gasteiger partial charge in [-0.15, -0.1) is 0 Å². The molecule has 4 nitrogen and oxygen atoms in total. The minimum absolute atomic E-state index is 0.0154. The van der Waals surface area contributed by atoms with Gasteiger partial charge in [0, 0.05) is 24.5 Å². The van der Waals surface area contributed by atoms with Gasteiger partial charge in [0.15, 0.2) is 0 Å². The first kappa shape index (κ1) is 12.7. The molecule has 2 rings (SSSR count). The van der Waals surface area contributed by atoms with E-state index in [0.29, 0.717) is 5.92 Å². The molecular formula is C13H24N2O2. The number of hydrogen-bond acceptors (Lipinski definition) is 3. The first-order valence-electron chi connectivity index (χ1n) is 6.57. The third kappa shape index (κ3) is 2.73. The topological polar surface area (TPSA) is 55.6 Å². The molecule has 2 aliphatic rings. The van der Waals surface area contributed by atoms with Gasteiger partial charge < -0.3 is 15.4 Å². The average molecular weight is 240 g/mol. The van der Waals surface area contributed by atoms with Gasteiger partial charge in [0.1, 0.15) is 5.60 Å². The highest BCUT2D eigenvalue weighted by molar-refractivity contribution is 5.69. The third-order valence-electron chi connectivity index (χ3n) is 3.88. The van der Waals surface area contributed by atoms with Crippen molar-refractivity contribution in [3.8, 4) is 0 Å². The number of nitrogens with two attached hydrogens (primary N) is 1. The van der Waals surface area contributed by atoms with Crippen molar-refractivity contribution in [2.24, 2.45) is 11.7 Å². The average Bonchev–Trinajstić information content (AvgIpc) is 2.45. The number of amides is 1. The summed E-state index contributed by atoms with van der Waals surface area (Å²) >= 11 is 0. The van der Waals surface area contributed by atoms with Crippen molar-refractivity contribution in [1.29, 1.82) is 0 Å². The molecule has 1 amide bonds. The van der Waals surface area contributed by atoms with E-state index in [1.807, 2.05) is 20.8 Å². The van der Waals surface area contributed by atoms with Crippen LogP contribution in [0.3, 0.4) is 0 Å². The highest BCUT2D eigenvalue weighted by Crippen LogP contribution is 2.38. The molecule has 1 aliphatic carbocycles. The van der Waals surface area contributed by atoms with Crippen molar-refractivity contribution >= 4 is 6.09 Å². The first-order chi connectivity index (χ1) is 7.80. The lowest BCUT2D eigenvalue weighted by atomic mass is 9.78. The highest BCUT2D eigenvalue weighted by atomic mass is 16.6. The van der Waals surface area contributed by atoms with Gasteiger partial charge in [-0.05, 0) is 33.6 Å². The summed E-state index contributed by atoms with van der Waals surface area (Å²) in [7, 11) is 0. The van der Waals surface area contributed by atoms with E-state index in [1.54, 1.807) is 4.90 Å². The van der Waals surface area contributed by atoms with Crippen LogP contribution in [0.5, 0.6) is 0 Å². The Labute approximate surface area is 103 Å². The number of hydrogen-bond donors (Lipinski definition) is 1.